The van der Waals surface area contributed by atoms with Gasteiger partial charge in [0.15, 0.2) is 0 Å². The third kappa shape index (κ3) is 8.41. The van der Waals surface area contributed by atoms with Crippen LogP contribution in [0.4, 0.5) is 18.9 Å². The smallest absolute Gasteiger partial charge is 0.389 e. The maximum Gasteiger partial charge on any atom is 0.389 e. The van der Waals surface area contributed by atoms with Crippen molar-refractivity contribution in [3.05, 3.63) is 24.3 Å². The summed E-state index contributed by atoms with van der Waals surface area (Å²) < 4.78 is 66.0. The summed E-state index contributed by atoms with van der Waals surface area (Å²) in [6.07, 6.45) is -5.58. The minimum Gasteiger partial charge on any atom is -0.492 e. The van der Waals surface area contributed by atoms with Crippen molar-refractivity contribution in [3.8, 4) is 5.75 Å². The number of hydrogen-bond donors (Lipinski definition) is 2. The van der Waals surface area contributed by atoms with Crippen LogP contribution in [0.5, 0.6) is 5.75 Å². The van der Waals surface area contributed by atoms with Crippen molar-refractivity contribution < 1.29 is 26.3 Å². The highest BCUT2D eigenvalue weighted by molar-refractivity contribution is 7.89. The molecule has 1 rings (SSSR count). The summed E-state index contributed by atoms with van der Waals surface area (Å²) in [4.78, 5) is 0. The van der Waals surface area contributed by atoms with E-state index in [9.17, 15) is 21.6 Å². The highest BCUT2D eigenvalue weighted by atomic mass is 32.2. The number of nitrogen functional groups attached to an aromatic ring is 1. The Morgan fingerprint density at radius 2 is 1.81 bits per heavy atom. The number of sulfonamides is 1. The first-order valence-corrected chi connectivity index (χ1v) is 7.86. The monoisotopic (exact) mass is 326 g/mol. The Bertz CT molecular complexity index is 530. The molecular formula is C12H17F3N2O3S. The summed E-state index contributed by atoms with van der Waals surface area (Å²) in [6, 6.07) is 6.41. The van der Waals surface area contributed by atoms with Gasteiger partial charge in [0, 0.05) is 18.7 Å². The Labute approximate surface area is 121 Å². The van der Waals surface area contributed by atoms with Crippen LogP contribution in [0.2, 0.25) is 0 Å². The fraction of sp³-hybridized carbons (Fsp3) is 0.500. The molecule has 0 heterocycles. The van der Waals surface area contributed by atoms with Gasteiger partial charge in [-0.25, -0.2) is 13.1 Å². The molecule has 0 aliphatic heterocycles. The number of halogens is 3. The van der Waals surface area contributed by atoms with Crippen LogP contribution in [-0.4, -0.2) is 33.5 Å². The lowest BCUT2D eigenvalue weighted by atomic mass is 10.3. The molecule has 0 saturated carbocycles. The van der Waals surface area contributed by atoms with Crippen molar-refractivity contribution >= 4 is 15.7 Å². The molecule has 0 aromatic heterocycles. The van der Waals surface area contributed by atoms with Gasteiger partial charge in [0.2, 0.25) is 10.0 Å². The number of nitrogens with one attached hydrogen (secondary N) is 1. The SMILES string of the molecule is Nc1ccc(OCCS(=O)(=O)NCCCC(F)(F)F)cc1. The molecule has 120 valence electrons. The lowest BCUT2D eigenvalue weighted by molar-refractivity contribution is -0.135. The van der Waals surface area contributed by atoms with Gasteiger partial charge >= 0.3 is 6.18 Å². The van der Waals surface area contributed by atoms with Crippen molar-refractivity contribution in [2.24, 2.45) is 0 Å². The first kappa shape index (κ1) is 17.6. The molecule has 0 spiro atoms. The Morgan fingerprint density at radius 1 is 1.19 bits per heavy atom. The predicted molar refractivity (Wildman–Crippen MR) is 73.4 cm³/mol. The van der Waals surface area contributed by atoms with E-state index in [4.69, 9.17) is 10.5 Å². The van der Waals surface area contributed by atoms with Crippen molar-refractivity contribution in [2.75, 3.05) is 24.6 Å². The zero-order valence-electron chi connectivity index (χ0n) is 11.2. The number of nitrogens with two attached hydrogens (primary N) is 1. The maximum absolute atomic E-state index is 11.9. The van der Waals surface area contributed by atoms with E-state index in [-0.39, 0.29) is 25.3 Å². The normalized spacial score (nSPS) is 12.3. The summed E-state index contributed by atoms with van der Waals surface area (Å²) in [5.41, 5.74) is 6.04. The Morgan fingerprint density at radius 3 is 2.38 bits per heavy atom. The summed E-state index contributed by atoms with van der Waals surface area (Å²) in [5, 5.41) is 0. The highest BCUT2D eigenvalue weighted by Crippen LogP contribution is 2.20. The topological polar surface area (TPSA) is 81.4 Å². The summed E-state index contributed by atoms with van der Waals surface area (Å²) in [6.45, 7) is -0.345. The van der Waals surface area contributed by atoms with Crippen LogP contribution in [0.15, 0.2) is 24.3 Å². The number of anilines is 1. The second-order valence-electron chi connectivity index (χ2n) is 4.35. The number of alkyl halides is 3. The molecule has 1 aromatic rings. The number of benzene rings is 1. The molecule has 0 fully saturated rings. The minimum atomic E-state index is -4.27. The lowest BCUT2D eigenvalue weighted by Crippen LogP contribution is -2.30. The molecule has 0 aliphatic carbocycles. The molecule has 0 aliphatic rings. The van der Waals surface area contributed by atoms with E-state index in [1.54, 1.807) is 24.3 Å². The number of rotatable bonds is 8. The van der Waals surface area contributed by atoms with Crippen LogP contribution in [0.3, 0.4) is 0 Å². The zero-order chi connectivity index (χ0) is 15.9. The predicted octanol–water partition coefficient (Wildman–Crippen LogP) is 1.91. The van der Waals surface area contributed by atoms with E-state index in [0.29, 0.717) is 11.4 Å². The molecule has 5 nitrogen and oxygen atoms in total. The molecule has 21 heavy (non-hydrogen) atoms. The van der Waals surface area contributed by atoms with Crippen LogP contribution in [0, 0.1) is 0 Å². The quantitative estimate of drug-likeness (QED) is 0.565. The molecule has 0 bridgehead atoms. The first-order valence-electron chi connectivity index (χ1n) is 6.20. The van der Waals surface area contributed by atoms with Crippen molar-refractivity contribution in [1.29, 1.82) is 0 Å². The molecule has 0 unspecified atom stereocenters. The van der Waals surface area contributed by atoms with Crippen LogP contribution in [-0.2, 0) is 10.0 Å². The van der Waals surface area contributed by atoms with E-state index in [2.05, 4.69) is 4.72 Å². The van der Waals surface area contributed by atoms with Crippen molar-refractivity contribution in [1.82, 2.24) is 4.72 Å². The van der Waals surface area contributed by atoms with Crippen molar-refractivity contribution in [3.63, 3.8) is 0 Å². The zero-order valence-corrected chi connectivity index (χ0v) is 12.0. The Balaban J connectivity index is 2.25. The average molecular weight is 326 g/mol. The fourth-order valence-electron chi connectivity index (χ4n) is 1.42. The highest BCUT2D eigenvalue weighted by Gasteiger charge is 2.26. The van der Waals surface area contributed by atoms with E-state index >= 15 is 0 Å². The summed E-state index contributed by atoms with van der Waals surface area (Å²) >= 11 is 0. The number of ether oxygens (including phenoxy) is 1. The van der Waals surface area contributed by atoms with E-state index < -0.39 is 22.6 Å². The first-order chi connectivity index (χ1) is 9.68. The van der Waals surface area contributed by atoms with Gasteiger partial charge in [-0.3, -0.25) is 0 Å². The maximum atomic E-state index is 11.9. The van der Waals surface area contributed by atoms with E-state index in [0.717, 1.165) is 0 Å². The van der Waals surface area contributed by atoms with Crippen LogP contribution in [0.25, 0.3) is 0 Å². The van der Waals surface area contributed by atoms with Gasteiger partial charge in [0.05, 0.1) is 5.75 Å². The van der Waals surface area contributed by atoms with Gasteiger partial charge in [-0.05, 0) is 30.7 Å². The summed E-state index contributed by atoms with van der Waals surface area (Å²) in [7, 11) is -3.64. The Kier molecular flexibility index (Phi) is 6.28. The largest absolute Gasteiger partial charge is 0.492 e. The van der Waals surface area contributed by atoms with Gasteiger partial charge in [-0.2, -0.15) is 13.2 Å². The minimum absolute atomic E-state index is 0.0987. The molecule has 0 atom stereocenters. The molecule has 0 amide bonds. The average Bonchev–Trinajstić information content (AvgIpc) is 2.36. The summed E-state index contributed by atoms with van der Waals surface area (Å²) in [5.74, 6) is 0.139. The lowest BCUT2D eigenvalue weighted by Gasteiger charge is -2.09. The van der Waals surface area contributed by atoms with Crippen molar-refractivity contribution in [2.45, 2.75) is 19.0 Å². The Hall–Kier alpha value is -1.48. The second kappa shape index (κ2) is 7.51. The van der Waals surface area contributed by atoms with Crippen LogP contribution >= 0.6 is 0 Å². The third-order valence-corrected chi connectivity index (χ3v) is 3.81. The number of hydrogen-bond acceptors (Lipinski definition) is 4. The van der Waals surface area contributed by atoms with Gasteiger partial charge in [0.25, 0.3) is 0 Å². The molecule has 9 heteroatoms. The van der Waals surface area contributed by atoms with Gasteiger partial charge in [-0.1, -0.05) is 0 Å². The van der Waals surface area contributed by atoms with E-state index in [1.165, 1.54) is 0 Å². The fourth-order valence-corrected chi connectivity index (χ4v) is 2.32. The molecule has 1 aromatic carbocycles. The van der Waals surface area contributed by atoms with E-state index in [1.807, 2.05) is 0 Å². The third-order valence-electron chi connectivity index (χ3n) is 2.46. The second-order valence-corrected chi connectivity index (χ2v) is 6.28. The van der Waals surface area contributed by atoms with Gasteiger partial charge < -0.3 is 10.5 Å². The van der Waals surface area contributed by atoms with Crippen LogP contribution < -0.4 is 15.2 Å². The standard InChI is InChI=1S/C12H17F3N2O3S/c13-12(14,15)6-1-7-17-21(18,19)9-8-20-11-4-2-10(16)3-5-11/h2-5,17H,1,6-9,16H2. The molecule has 3 N–H and O–H groups in total. The van der Waals surface area contributed by atoms with Gasteiger partial charge in [0.1, 0.15) is 12.4 Å². The van der Waals surface area contributed by atoms with Crippen LogP contribution in [0.1, 0.15) is 12.8 Å². The molecule has 0 saturated heterocycles. The van der Waals surface area contributed by atoms with Gasteiger partial charge in [-0.15, -0.1) is 0 Å². The molecule has 0 radical (unpaired) electrons. The molecular weight excluding hydrogens is 309 g/mol.